The highest BCUT2D eigenvalue weighted by Gasteiger charge is 2.74. The Kier molecular flexibility index (Phi) is 6.47. The van der Waals surface area contributed by atoms with Gasteiger partial charge in [-0.3, -0.25) is 24.0 Å². The fourth-order valence-corrected chi connectivity index (χ4v) is 8.26. The van der Waals surface area contributed by atoms with Crippen LogP contribution in [0.5, 0.6) is 0 Å². The van der Waals surface area contributed by atoms with Gasteiger partial charge in [0.05, 0.1) is 24.5 Å². The fourth-order valence-electron chi connectivity index (χ4n) is 8.26. The number of ketones is 2. The molecule has 0 radical (unpaired) electrons. The van der Waals surface area contributed by atoms with E-state index in [1.165, 1.54) is 20.8 Å². The van der Waals surface area contributed by atoms with Crippen molar-refractivity contribution in [1.82, 2.24) is 0 Å². The second-order valence-corrected chi connectivity index (χ2v) is 11.4. The molecular formula is C27H36O8. The van der Waals surface area contributed by atoms with Gasteiger partial charge in [-0.2, -0.15) is 0 Å². The number of Topliss-reactive ketones (excluding diaryl/α,β-unsaturated/α-hetero) is 2. The van der Waals surface area contributed by atoms with Gasteiger partial charge in [-0.1, -0.05) is 19.9 Å². The van der Waals surface area contributed by atoms with Gasteiger partial charge in [-0.25, -0.2) is 0 Å². The van der Waals surface area contributed by atoms with Crippen LogP contribution >= 0.6 is 0 Å². The number of fused-ring (bicyclic) bond motifs is 3. The molecule has 0 aromatic carbocycles. The second-order valence-electron chi connectivity index (χ2n) is 11.4. The Morgan fingerprint density at radius 2 is 1.57 bits per heavy atom. The Bertz CT molecular complexity index is 984. The Labute approximate surface area is 206 Å². The van der Waals surface area contributed by atoms with E-state index >= 15 is 0 Å². The van der Waals surface area contributed by atoms with E-state index in [0.29, 0.717) is 37.7 Å². The quantitative estimate of drug-likeness (QED) is 0.242. The summed E-state index contributed by atoms with van der Waals surface area (Å²) in [6.07, 6.45) is 3.93. The van der Waals surface area contributed by atoms with Crippen LogP contribution in [0.1, 0.15) is 66.2 Å². The van der Waals surface area contributed by atoms with Crippen LogP contribution in [-0.2, 0) is 38.2 Å². The standard InChI is InChI=1S/C27H36O8/c1-15-19-7-10-27(23(15)31)21(11-19)26(14-35-18(4)30)9-6-8-25(5,13-34-17(3)29)22(26)20(24(27)32)12-33-16(2)28/h19-22H,1,6-14H2,2-5H3/t19-,20+,21?,22?,25+,26-,27?/m1/s1. The number of rotatable bonds is 6. The SMILES string of the molecule is C=C1C(=O)C23CC[C@@H]1CC2[C@]1(COC(C)=O)CCC[C@@](C)(COC(C)=O)C1[C@H](COC(C)=O)C3=O. The summed E-state index contributed by atoms with van der Waals surface area (Å²) in [5.41, 5.74) is -2.05. The number of allylic oxidation sites excluding steroid dienone is 1. The van der Waals surface area contributed by atoms with E-state index in [0.717, 1.165) is 6.42 Å². The van der Waals surface area contributed by atoms with E-state index in [1.807, 2.05) is 6.92 Å². The van der Waals surface area contributed by atoms with Crippen molar-refractivity contribution in [1.29, 1.82) is 0 Å². The molecule has 1 spiro atoms. The molecule has 7 atom stereocenters. The number of carbonyl (C=O) groups is 5. The van der Waals surface area contributed by atoms with E-state index in [1.54, 1.807) is 0 Å². The lowest BCUT2D eigenvalue weighted by atomic mass is 9.34. The first-order chi connectivity index (χ1) is 16.4. The Balaban J connectivity index is 1.91. The maximum atomic E-state index is 14.4. The van der Waals surface area contributed by atoms with Crippen molar-refractivity contribution in [2.75, 3.05) is 19.8 Å². The smallest absolute Gasteiger partial charge is 0.302 e. The predicted molar refractivity (Wildman–Crippen MR) is 124 cm³/mol. The van der Waals surface area contributed by atoms with Gasteiger partial charge in [0, 0.05) is 31.6 Å². The van der Waals surface area contributed by atoms with Gasteiger partial charge in [-0.15, -0.1) is 0 Å². The normalized spacial score (nSPS) is 39.9. The molecule has 5 aliphatic rings. The summed E-state index contributed by atoms with van der Waals surface area (Å²) >= 11 is 0. The van der Waals surface area contributed by atoms with Crippen LogP contribution in [0, 0.1) is 39.9 Å². The summed E-state index contributed by atoms with van der Waals surface area (Å²) in [6, 6.07) is 0. The van der Waals surface area contributed by atoms with Gasteiger partial charge in [0.1, 0.15) is 6.61 Å². The van der Waals surface area contributed by atoms with E-state index in [2.05, 4.69) is 6.58 Å². The molecule has 8 nitrogen and oxygen atoms in total. The number of carbonyl (C=O) groups excluding carboxylic acids is 5. The van der Waals surface area contributed by atoms with Crippen molar-refractivity contribution in [3.63, 3.8) is 0 Å². The van der Waals surface area contributed by atoms with E-state index in [4.69, 9.17) is 14.2 Å². The Morgan fingerprint density at radius 3 is 2.20 bits per heavy atom. The Morgan fingerprint density at radius 1 is 0.943 bits per heavy atom. The lowest BCUT2D eigenvalue weighted by molar-refractivity contribution is -0.224. The molecule has 5 rings (SSSR count). The minimum atomic E-state index is -1.24. The van der Waals surface area contributed by atoms with Crippen LogP contribution < -0.4 is 0 Å². The highest BCUT2D eigenvalue weighted by atomic mass is 16.5. The number of esters is 3. The van der Waals surface area contributed by atoms with Gasteiger partial charge in [0.2, 0.25) is 0 Å². The van der Waals surface area contributed by atoms with Crippen LogP contribution in [0.4, 0.5) is 0 Å². The van der Waals surface area contributed by atoms with Crippen LogP contribution in [0.25, 0.3) is 0 Å². The molecule has 0 heterocycles. The summed E-state index contributed by atoms with van der Waals surface area (Å²) in [4.78, 5) is 63.8. The molecular weight excluding hydrogens is 452 g/mol. The third-order valence-corrected chi connectivity index (χ3v) is 9.44. The highest BCUT2D eigenvalue weighted by Crippen LogP contribution is 2.71. The van der Waals surface area contributed by atoms with Crippen LogP contribution in [0.15, 0.2) is 12.2 Å². The predicted octanol–water partition coefficient (Wildman–Crippen LogP) is 3.21. The molecule has 8 heteroatoms. The molecule has 35 heavy (non-hydrogen) atoms. The van der Waals surface area contributed by atoms with Crippen molar-refractivity contribution < 1.29 is 38.2 Å². The largest absolute Gasteiger partial charge is 0.465 e. The molecule has 2 bridgehead atoms. The van der Waals surface area contributed by atoms with Gasteiger partial charge < -0.3 is 14.2 Å². The first-order valence-corrected chi connectivity index (χ1v) is 12.6. The number of hydrogen-bond donors (Lipinski definition) is 0. The van der Waals surface area contributed by atoms with E-state index < -0.39 is 46.0 Å². The summed E-state index contributed by atoms with van der Waals surface area (Å²) < 4.78 is 16.6. The molecule has 0 aromatic heterocycles. The van der Waals surface area contributed by atoms with Gasteiger partial charge in [0.25, 0.3) is 0 Å². The monoisotopic (exact) mass is 488 g/mol. The van der Waals surface area contributed by atoms with Crippen molar-refractivity contribution in [3.05, 3.63) is 12.2 Å². The van der Waals surface area contributed by atoms with Gasteiger partial charge in [0.15, 0.2) is 11.6 Å². The fraction of sp³-hybridized carbons (Fsp3) is 0.741. The zero-order chi connectivity index (χ0) is 25.8. The molecule has 0 amide bonds. The molecule has 5 aliphatic carbocycles. The highest BCUT2D eigenvalue weighted by molar-refractivity contribution is 6.17. The molecule has 0 aromatic rings. The topological polar surface area (TPSA) is 113 Å². The summed E-state index contributed by atoms with van der Waals surface area (Å²) in [5, 5.41) is 0. The molecule has 192 valence electrons. The molecule has 0 saturated heterocycles. The average molecular weight is 489 g/mol. The first-order valence-electron chi connectivity index (χ1n) is 12.6. The van der Waals surface area contributed by atoms with Crippen molar-refractivity contribution in [2.24, 2.45) is 39.9 Å². The molecule has 0 aliphatic heterocycles. The lowest BCUT2D eigenvalue weighted by Crippen LogP contribution is -2.72. The molecule has 5 saturated carbocycles. The summed E-state index contributed by atoms with van der Waals surface area (Å²) in [5.74, 6) is -3.24. The second kappa shape index (κ2) is 8.86. The zero-order valence-electron chi connectivity index (χ0n) is 21.1. The lowest BCUT2D eigenvalue weighted by Gasteiger charge is -2.68. The zero-order valence-corrected chi connectivity index (χ0v) is 21.1. The molecule has 3 unspecified atom stereocenters. The molecule has 0 N–H and O–H groups in total. The third-order valence-electron chi connectivity index (χ3n) is 9.44. The van der Waals surface area contributed by atoms with Crippen molar-refractivity contribution in [3.8, 4) is 0 Å². The van der Waals surface area contributed by atoms with Crippen molar-refractivity contribution >= 4 is 29.5 Å². The van der Waals surface area contributed by atoms with E-state index in [9.17, 15) is 24.0 Å². The van der Waals surface area contributed by atoms with Gasteiger partial charge >= 0.3 is 17.9 Å². The molecule has 5 fully saturated rings. The van der Waals surface area contributed by atoms with Gasteiger partial charge in [-0.05, 0) is 55.4 Å². The average Bonchev–Trinajstić information content (AvgIpc) is 2.80. The van der Waals surface area contributed by atoms with Crippen LogP contribution in [-0.4, -0.2) is 49.3 Å². The summed E-state index contributed by atoms with van der Waals surface area (Å²) in [7, 11) is 0. The summed E-state index contributed by atoms with van der Waals surface area (Å²) in [6.45, 7) is 10.0. The number of hydrogen-bond acceptors (Lipinski definition) is 8. The van der Waals surface area contributed by atoms with Crippen LogP contribution in [0.3, 0.4) is 0 Å². The van der Waals surface area contributed by atoms with Crippen LogP contribution in [0.2, 0.25) is 0 Å². The maximum absolute atomic E-state index is 14.4. The van der Waals surface area contributed by atoms with Crippen molar-refractivity contribution in [2.45, 2.75) is 66.2 Å². The first kappa shape index (κ1) is 25.6. The minimum Gasteiger partial charge on any atom is -0.465 e. The maximum Gasteiger partial charge on any atom is 0.302 e. The van der Waals surface area contributed by atoms with E-state index in [-0.39, 0.29) is 43.2 Å². The minimum absolute atomic E-state index is 0.00343. The number of ether oxygens (including phenoxy) is 3. The Hall–Kier alpha value is -2.51. The third kappa shape index (κ3) is 3.84.